The van der Waals surface area contributed by atoms with Crippen molar-refractivity contribution in [2.75, 3.05) is 7.11 Å². The van der Waals surface area contributed by atoms with Crippen molar-refractivity contribution in [3.63, 3.8) is 0 Å². The second kappa shape index (κ2) is 12.0. The zero-order chi connectivity index (χ0) is 22.0. The smallest absolute Gasteiger partial charge is 0.305 e. The lowest BCUT2D eigenvalue weighted by atomic mass is 9.88. The van der Waals surface area contributed by atoms with Gasteiger partial charge in [0.05, 0.1) is 18.8 Å². The van der Waals surface area contributed by atoms with Crippen molar-refractivity contribution in [3.05, 3.63) is 48.1 Å². The van der Waals surface area contributed by atoms with Crippen LogP contribution in [0.4, 0.5) is 0 Å². The molecule has 0 bridgehead atoms. The summed E-state index contributed by atoms with van der Waals surface area (Å²) >= 11 is 0. The maximum atomic E-state index is 12.3. The predicted molar refractivity (Wildman–Crippen MR) is 118 cm³/mol. The summed E-state index contributed by atoms with van der Waals surface area (Å²) in [5.41, 5.74) is 0.321. The molecule has 1 fully saturated rings. The summed E-state index contributed by atoms with van der Waals surface area (Å²) in [5.74, 6) is -0.548. The van der Waals surface area contributed by atoms with Gasteiger partial charge in [0, 0.05) is 24.7 Å². The minimum absolute atomic E-state index is 0.0972. The molecule has 2 N–H and O–H groups in total. The van der Waals surface area contributed by atoms with Crippen LogP contribution in [0.25, 0.3) is 0 Å². The van der Waals surface area contributed by atoms with Crippen LogP contribution >= 0.6 is 0 Å². The van der Waals surface area contributed by atoms with Crippen LogP contribution in [-0.2, 0) is 14.3 Å². The number of allylic oxidation sites excluding steroid dienone is 5. The van der Waals surface area contributed by atoms with Gasteiger partial charge in [-0.3, -0.25) is 9.59 Å². The molecule has 5 nitrogen and oxygen atoms in total. The topological polar surface area (TPSA) is 83.8 Å². The van der Waals surface area contributed by atoms with Crippen LogP contribution < -0.4 is 0 Å². The van der Waals surface area contributed by atoms with E-state index in [1.165, 1.54) is 19.1 Å². The first-order valence-electron chi connectivity index (χ1n) is 11.0. The number of esters is 1. The SMILES string of the molecule is COC(=O)CC/C=C/CC[C@H]1C(=O)C[C@@H](O)[C@@H]1/C=C\C[C@](C)(O)/C=C/C1=CCCC1. The van der Waals surface area contributed by atoms with Gasteiger partial charge in [0.15, 0.2) is 0 Å². The largest absolute Gasteiger partial charge is 0.469 e. The Labute approximate surface area is 180 Å². The molecule has 0 heterocycles. The maximum Gasteiger partial charge on any atom is 0.305 e. The molecule has 2 aliphatic carbocycles. The fourth-order valence-electron chi connectivity index (χ4n) is 4.07. The van der Waals surface area contributed by atoms with E-state index in [4.69, 9.17) is 0 Å². The Balaban J connectivity index is 1.83. The average Bonchev–Trinajstić information content (AvgIpc) is 3.31. The lowest BCUT2D eigenvalue weighted by Gasteiger charge is -2.19. The Morgan fingerprint density at radius 3 is 2.77 bits per heavy atom. The fraction of sp³-hybridized carbons (Fsp3) is 0.600. The lowest BCUT2D eigenvalue weighted by molar-refractivity contribution is -0.140. The van der Waals surface area contributed by atoms with Crippen LogP contribution in [0, 0.1) is 11.8 Å². The number of carbonyl (C=O) groups excluding carboxylic acids is 2. The van der Waals surface area contributed by atoms with E-state index < -0.39 is 11.7 Å². The molecule has 0 saturated heterocycles. The molecule has 0 aliphatic heterocycles. The molecule has 2 rings (SSSR count). The molecule has 0 aromatic carbocycles. The zero-order valence-electron chi connectivity index (χ0n) is 18.3. The Morgan fingerprint density at radius 2 is 2.07 bits per heavy atom. The van der Waals surface area contributed by atoms with E-state index in [0.717, 1.165) is 19.3 Å². The number of ether oxygens (including phenoxy) is 1. The number of carbonyl (C=O) groups is 2. The lowest BCUT2D eigenvalue weighted by Crippen LogP contribution is -2.21. The summed E-state index contributed by atoms with van der Waals surface area (Å²) in [7, 11) is 1.37. The molecule has 0 aromatic heterocycles. The monoisotopic (exact) mass is 416 g/mol. The minimum Gasteiger partial charge on any atom is -0.469 e. The molecule has 1 saturated carbocycles. The van der Waals surface area contributed by atoms with Gasteiger partial charge in [-0.1, -0.05) is 48.1 Å². The summed E-state index contributed by atoms with van der Waals surface area (Å²) in [5, 5.41) is 20.9. The second-order valence-corrected chi connectivity index (χ2v) is 8.58. The molecule has 0 aromatic rings. The minimum atomic E-state index is -0.953. The number of hydrogen-bond donors (Lipinski definition) is 2. The van der Waals surface area contributed by atoms with Crippen LogP contribution in [0.5, 0.6) is 0 Å². The zero-order valence-corrected chi connectivity index (χ0v) is 18.3. The van der Waals surface area contributed by atoms with Crippen LogP contribution in [0.3, 0.4) is 0 Å². The molecule has 5 heteroatoms. The van der Waals surface area contributed by atoms with Gasteiger partial charge in [-0.25, -0.2) is 0 Å². The summed E-state index contributed by atoms with van der Waals surface area (Å²) in [6, 6.07) is 0. The highest BCUT2D eigenvalue weighted by Crippen LogP contribution is 2.34. The van der Waals surface area contributed by atoms with Gasteiger partial charge in [-0.05, 0) is 51.9 Å². The van der Waals surface area contributed by atoms with Crippen molar-refractivity contribution >= 4 is 11.8 Å². The van der Waals surface area contributed by atoms with Crippen LogP contribution in [0.2, 0.25) is 0 Å². The fourth-order valence-corrected chi connectivity index (χ4v) is 4.07. The molecule has 0 unspecified atom stereocenters. The first-order valence-corrected chi connectivity index (χ1v) is 11.0. The molecule has 2 aliphatic rings. The van der Waals surface area contributed by atoms with Gasteiger partial charge in [0.2, 0.25) is 0 Å². The van der Waals surface area contributed by atoms with Gasteiger partial charge in [0.25, 0.3) is 0 Å². The summed E-state index contributed by atoms with van der Waals surface area (Å²) < 4.78 is 4.60. The van der Waals surface area contributed by atoms with E-state index >= 15 is 0 Å². The highest BCUT2D eigenvalue weighted by molar-refractivity contribution is 5.84. The van der Waals surface area contributed by atoms with Gasteiger partial charge in [-0.15, -0.1) is 0 Å². The molecule has 4 atom stereocenters. The summed E-state index contributed by atoms with van der Waals surface area (Å²) in [6.07, 6.45) is 19.4. The van der Waals surface area contributed by atoms with Gasteiger partial charge < -0.3 is 14.9 Å². The van der Waals surface area contributed by atoms with E-state index in [2.05, 4.69) is 10.8 Å². The van der Waals surface area contributed by atoms with Crippen LogP contribution in [0.1, 0.15) is 64.7 Å². The van der Waals surface area contributed by atoms with E-state index in [1.807, 2.05) is 36.5 Å². The quantitative estimate of drug-likeness (QED) is 0.389. The maximum absolute atomic E-state index is 12.3. The molecule has 0 radical (unpaired) electrons. The highest BCUT2D eigenvalue weighted by atomic mass is 16.5. The highest BCUT2D eigenvalue weighted by Gasteiger charge is 2.39. The Kier molecular flexibility index (Phi) is 9.73. The Bertz CT molecular complexity index is 698. The van der Waals surface area contributed by atoms with Crippen molar-refractivity contribution in [2.45, 2.75) is 76.4 Å². The number of rotatable bonds is 11. The van der Waals surface area contributed by atoms with Crippen molar-refractivity contribution in [3.8, 4) is 0 Å². The number of hydrogen-bond acceptors (Lipinski definition) is 5. The molecular formula is C25H36O5. The van der Waals surface area contributed by atoms with Crippen molar-refractivity contribution in [1.82, 2.24) is 0 Å². The third-order valence-corrected chi connectivity index (χ3v) is 5.91. The standard InChI is InChI=1S/C25H36O5/c1-25(29,17-15-19-10-7-8-11-19)16-9-13-21-20(22(26)18-23(21)27)12-5-3-4-6-14-24(28)30-2/h3-4,9-10,13,15,17,20-21,23,27,29H,5-8,11-12,14,16,18H2,1-2H3/b4-3+,13-9-,17-15+/t20-,21-,23-,25+/m1/s1. The van der Waals surface area contributed by atoms with E-state index in [9.17, 15) is 19.8 Å². The number of aliphatic hydroxyl groups is 2. The van der Waals surface area contributed by atoms with E-state index in [-0.39, 0.29) is 30.0 Å². The third kappa shape index (κ3) is 8.04. The first-order chi connectivity index (χ1) is 14.3. The van der Waals surface area contributed by atoms with Gasteiger partial charge >= 0.3 is 5.97 Å². The van der Waals surface area contributed by atoms with Gasteiger partial charge in [-0.2, -0.15) is 0 Å². The number of ketones is 1. The van der Waals surface area contributed by atoms with Crippen LogP contribution in [-0.4, -0.2) is 40.8 Å². The van der Waals surface area contributed by atoms with Gasteiger partial charge in [0.1, 0.15) is 5.78 Å². The predicted octanol–water partition coefficient (Wildman–Crippen LogP) is 4.21. The molecule has 166 valence electrons. The number of methoxy groups -OCH3 is 1. The normalized spacial score (nSPS) is 26.7. The molecule has 0 spiro atoms. The Morgan fingerprint density at radius 1 is 1.30 bits per heavy atom. The summed E-state index contributed by atoms with van der Waals surface area (Å²) in [6.45, 7) is 1.77. The van der Waals surface area contributed by atoms with Crippen molar-refractivity contribution in [1.29, 1.82) is 0 Å². The number of aliphatic hydroxyl groups excluding tert-OH is 1. The number of Topliss-reactive ketones (excluding diaryl/α,β-unsaturated/α-hetero) is 1. The second-order valence-electron chi connectivity index (χ2n) is 8.58. The summed E-state index contributed by atoms with van der Waals surface area (Å²) in [4.78, 5) is 23.4. The third-order valence-electron chi connectivity index (χ3n) is 5.91. The van der Waals surface area contributed by atoms with Crippen molar-refractivity contribution < 1.29 is 24.5 Å². The Hall–Kier alpha value is -1.98. The molecule has 0 amide bonds. The molecular weight excluding hydrogens is 380 g/mol. The molecule has 30 heavy (non-hydrogen) atoms. The average molecular weight is 417 g/mol. The van der Waals surface area contributed by atoms with Crippen molar-refractivity contribution in [2.24, 2.45) is 11.8 Å². The first kappa shape index (κ1) is 24.3. The van der Waals surface area contributed by atoms with Crippen LogP contribution in [0.15, 0.2) is 48.1 Å². The van der Waals surface area contributed by atoms with E-state index in [0.29, 0.717) is 25.7 Å². The van der Waals surface area contributed by atoms with E-state index in [1.54, 1.807) is 6.92 Å².